The Kier molecular flexibility index (Phi) is 10.9. The van der Waals surface area contributed by atoms with Gasteiger partial charge in [0.05, 0.1) is 30.8 Å². The highest BCUT2D eigenvalue weighted by Crippen LogP contribution is 2.44. The first kappa shape index (κ1) is 32.4. The maximum Gasteiger partial charge on any atom is 0.408 e. The van der Waals surface area contributed by atoms with Crippen LogP contribution in [0.25, 0.3) is 0 Å². The Morgan fingerprint density at radius 1 is 1.07 bits per heavy atom. The van der Waals surface area contributed by atoms with Crippen LogP contribution in [0.15, 0.2) is 53.8 Å². The molecule has 11 heteroatoms. The van der Waals surface area contributed by atoms with Gasteiger partial charge in [-0.25, -0.2) is 14.4 Å². The van der Waals surface area contributed by atoms with Gasteiger partial charge in [0.1, 0.15) is 24.0 Å². The Balaban J connectivity index is 1.74. The molecule has 0 bridgehead atoms. The Morgan fingerprint density at radius 3 is 2.38 bits per heavy atom. The molecule has 3 rings (SSSR count). The first-order chi connectivity index (χ1) is 19.8. The van der Waals surface area contributed by atoms with Crippen molar-refractivity contribution < 1.29 is 47.7 Å². The van der Waals surface area contributed by atoms with Crippen LogP contribution < -0.4 is 5.32 Å². The molecule has 0 aromatic heterocycles. The van der Waals surface area contributed by atoms with E-state index in [1.54, 1.807) is 27.7 Å². The molecule has 0 fully saturated rings. The zero-order valence-electron chi connectivity index (χ0n) is 24.8. The normalized spacial score (nSPS) is 20.9. The third-order valence-electron chi connectivity index (χ3n) is 6.81. The average molecular weight is 586 g/mol. The molecule has 1 N–H and O–H groups in total. The monoisotopic (exact) mass is 585 g/mol. The molecule has 1 amide bonds. The molecule has 1 aromatic rings. The molecule has 0 saturated carbocycles. The maximum absolute atomic E-state index is 13.2. The third-order valence-corrected chi connectivity index (χ3v) is 6.81. The van der Waals surface area contributed by atoms with Crippen molar-refractivity contribution in [1.29, 1.82) is 0 Å². The number of fused-ring (bicyclic) bond motifs is 1. The molecule has 1 heterocycles. The van der Waals surface area contributed by atoms with Gasteiger partial charge in [-0.2, -0.15) is 0 Å². The first-order valence-corrected chi connectivity index (χ1v) is 13.8. The Labute approximate surface area is 245 Å². The van der Waals surface area contributed by atoms with Gasteiger partial charge >= 0.3 is 24.0 Å². The van der Waals surface area contributed by atoms with Gasteiger partial charge in [-0.3, -0.25) is 9.59 Å². The number of nitrogens with one attached hydrogen (secondary N) is 1. The number of hydrogen-bond donors (Lipinski definition) is 1. The summed E-state index contributed by atoms with van der Waals surface area (Å²) in [5.74, 6) is -3.83. The summed E-state index contributed by atoms with van der Waals surface area (Å²) in [6, 6.07) is 8.23. The van der Waals surface area contributed by atoms with E-state index in [1.165, 1.54) is 20.3 Å². The molecule has 2 aliphatic rings. The fourth-order valence-electron chi connectivity index (χ4n) is 4.87. The predicted molar refractivity (Wildman–Crippen MR) is 149 cm³/mol. The van der Waals surface area contributed by atoms with Crippen LogP contribution in [0, 0.1) is 17.8 Å². The van der Waals surface area contributed by atoms with E-state index in [2.05, 4.69) is 5.32 Å². The number of amides is 1. The van der Waals surface area contributed by atoms with Gasteiger partial charge in [0.25, 0.3) is 6.29 Å². The average Bonchev–Trinajstić information content (AvgIpc) is 3.34. The van der Waals surface area contributed by atoms with E-state index in [1.807, 2.05) is 36.4 Å². The molecule has 5 atom stereocenters. The Hall–Kier alpha value is -4.15. The SMILES string of the molecule is COC(=O)C1=CO[C@@H](OC(=O)[C@H](CC(C)=O)NC(=O)OC(C)(C)C)[C@@H]2C(COC(=O)[C@@H](C)Cc3ccccc3)=CC[C@H]12. The van der Waals surface area contributed by atoms with Crippen LogP contribution in [0.3, 0.4) is 0 Å². The van der Waals surface area contributed by atoms with Gasteiger partial charge < -0.3 is 29.0 Å². The van der Waals surface area contributed by atoms with Crippen molar-refractivity contribution in [1.82, 2.24) is 5.32 Å². The molecular weight excluding hydrogens is 546 g/mol. The van der Waals surface area contributed by atoms with E-state index < -0.39 is 59.7 Å². The van der Waals surface area contributed by atoms with E-state index in [9.17, 15) is 24.0 Å². The molecule has 1 aliphatic carbocycles. The van der Waals surface area contributed by atoms with Crippen LogP contribution in [0.5, 0.6) is 0 Å². The highest BCUT2D eigenvalue weighted by Gasteiger charge is 2.47. The number of carbonyl (C=O) groups excluding carboxylic acids is 5. The van der Waals surface area contributed by atoms with Crippen LogP contribution in [-0.4, -0.2) is 61.4 Å². The number of alkyl carbamates (subject to hydrolysis) is 1. The van der Waals surface area contributed by atoms with Crippen LogP contribution in [-0.2, 0) is 49.3 Å². The molecule has 0 spiro atoms. The fraction of sp³-hybridized carbons (Fsp3) is 0.516. The third kappa shape index (κ3) is 8.92. The van der Waals surface area contributed by atoms with Gasteiger partial charge in [-0.05, 0) is 51.7 Å². The van der Waals surface area contributed by atoms with Gasteiger partial charge in [0.2, 0.25) is 0 Å². The minimum atomic E-state index is -1.34. The molecule has 228 valence electrons. The van der Waals surface area contributed by atoms with E-state index in [-0.39, 0.29) is 24.4 Å². The zero-order valence-corrected chi connectivity index (χ0v) is 24.8. The zero-order chi connectivity index (χ0) is 31.0. The molecule has 1 aromatic carbocycles. The number of Topliss-reactive ketones (excluding diaryl/α,β-unsaturated/α-hetero) is 1. The number of hydrogen-bond acceptors (Lipinski definition) is 10. The van der Waals surface area contributed by atoms with Crippen molar-refractivity contribution >= 4 is 29.8 Å². The van der Waals surface area contributed by atoms with Crippen LogP contribution >= 0.6 is 0 Å². The summed E-state index contributed by atoms with van der Waals surface area (Å²) in [5.41, 5.74) is 1.03. The molecule has 0 radical (unpaired) electrons. The second kappa shape index (κ2) is 14.2. The lowest BCUT2D eigenvalue weighted by atomic mass is 9.83. The quantitative estimate of drug-likeness (QED) is 0.231. The summed E-state index contributed by atoms with van der Waals surface area (Å²) in [5, 5.41) is 2.39. The lowest BCUT2D eigenvalue weighted by Crippen LogP contribution is -2.48. The standard InChI is InChI=1S/C31H39NO10/c1-18(14-20-10-8-7-9-11-20)26(34)39-16-21-12-13-22-23(27(35)38-6)17-40-29(25(21)22)41-28(36)24(15-19(2)33)32-30(37)42-31(3,4)5/h7-12,17-18,22,24-25,29H,13-16H2,1-6H3,(H,32,37)/t18-,22+,24-,25+,29-/m0/s1. The van der Waals surface area contributed by atoms with Crippen molar-refractivity contribution in [2.45, 2.75) is 71.8 Å². The number of rotatable bonds is 11. The summed E-state index contributed by atoms with van der Waals surface area (Å²) < 4.78 is 27.1. The second-order valence-corrected chi connectivity index (χ2v) is 11.5. The van der Waals surface area contributed by atoms with Gasteiger partial charge in [0.15, 0.2) is 0 Å². The summed E-state index contributed by atoms with van der Waals surface area (Å²) in [6.45, 7) is 7.94. The minimum Gasteiger partial charge on any atom is -0.466 e. The smallest absolute Gasteiger partial charge is 0.408 e. The van der Waals surface area contributed by atoms with Crippen molar-refractivity contribution in [3.05, 3.63) is 59.4 Å². The number of ketones is 1. The van der Waals surface area contributed by atoms with Gasteiger partial charge in [0, 0.05) is 12.3 Å². The van der Waals surface area contributed by atoms with Crippen LogP contribution in [0.4, 0.5) is 4.79 Å². The molecule has 0 saturated heterocycles. The number of allylic oxidation sites excluding steroid dienone is 1. The predicted octanol–water partition coefficient (Wildman–Crippen LogP) is 3.80. The number of carbonyl (C=O) groups is 5. The summed E-state index contributed by atoms with van der Waals surface area (Å²) in [7, 11) is 1.25. The molecule has 11 nitrogen and oxygen atoms in total. The van der Waals surface area contributed by atoms with E-state index in [0.29, 0.717) is 18.4 Å². The fourth-order valence-corrected chi connectivity index (χ4v) is 4.87. The minimum absolute atomic E-state index is 0.0992. The highest BCUT2D eigenvalue weighted by atomic mass is 16.7. The first-order valence-electron chi connectivity index (χ1n) is 13.8. The summed E-state index contributed by atoms with van der Waals surface area (Å²) in [4.78, 5) is 62.7. The number of methoxy groups -OCH3 is 1. The molecule has 42 heavy (non-hydrogen) atoms. The highest BCUT2D eigenvalue weighted by molar-refractivity contribution is 5.90. The Morgan fingerprint density at radius 2 is 1.76 bits per heavy atom. The van der Waals surface area contributed by atoms with Gasteiger partial charge in [-0.15, -0.1) is 0 Å². The van der Waals surface area contributed by atoms with E-state index >= 15 is 0 Å². The van der Waals surface area contributed by atoms with E-state index in [4.69, 9.17) is 23.7 Å². The number of esters is 3. The number of benzene rings is 1. The topological polar surface area (TPSA) is 144 Å². The van der Waals surface area contributed by atoms with Crippen molar-refractivity contribution in [2.24, 2.45) is 17.8 Å². The lowest BCUT2D eigenvalue weighted by molar-refractivity contribution is -0.185. The lowest BCUT2D eigenvalue weighted by Gasteiger charge is -2.35. The van der Waals surface area contributed by atoms with Crippen molar-refractivity contribution in [2.75, 3.05) is 13.7 Å². The largest absolute Gasteiger partial charge is 0.466 e. The van der Waals surface area contributed by atoms with Crippen LogP contribution in [0.1, 0.15) is 53.0 Å². The van der Waals surface area contributed by atoms with Crippen LogP contribution in [0.2, 0.25) is 0 Å². The van der Waals surface area contributed by atoms with E-state index in [0.717, 1.165) is 5.56 Å². The molecular formula is C31H39NO10. The van der Waals surface area contributed by atoms with Crippen molar-refractivity contribution in [3.63, 3.8) is 0 Å². The molecule has 0 unspecified atom stereocenters. The van der Waals surface area contributed by atoms with Crippen molar-refractivity contribution in [3.8, 4) is 0 Å². The Bertz CT molecular complexity index is 1230. The summed E-state index contributed by atoms with van der Waals surface area (Å²) >= 11 is 0. The number of ether oxygens (including phenoxy) is 5. The molecule has 1 aliphatic heterocycles. The second-order valence-electron chi connectivity index (χ2n) is 11.5. The maximum atomic E-state index is 13.2. The van der Waals surface area contributed by atoms with Gasteiger partial charge in [-0.1, -0.05) is 43.3 Å². The summed E-state index contributed by atoms with van der Waals surface area (Å²) in [6.07, 6.45) is 1.47.